The summed E-state index contributed by atoms with van der Waals surface area (Å²) in [5.41, 5.74) is 0.448. The van der Waals surface area contributed by atoms with E-state index in [1.54, 1.807) is 14.2 Å². The van der Waals surface area contributed by atoms with E-state index in [1.165, 1.54) is 0 Å². The van der Waals surface area contributed by atoms with Crippen LogP contribution in [0.3, 0.4) is 0 Å². The molecule has 0 radical (unpaired) electrons. The molecule has 1 aromatic carbocycles. The maximum Gasteiger partial charge on any atom is 0.407 e. The van der Waals surface area contributed by atoms with Gasteiger partial charge in [-0.3, -0.25) is 4.79 Å². The largest absolute Gasteiger partial charge is 0.493 e. The summed E-state index contributed by atoms with van der Waals surface area (Å²) in [5.74, 6) is 1.63. The molecule has 2 N–H and O–H groups in total. The molecule has 1 fully saturated rings. The maximum atomic E-state index is 14.0. The van der Waals surface area contributed by atoms with Gasteiger partial charge in [0.25, 0.3) is 0 Å². The summed E-state index contributed by atoms with van der Waals surface area (Å²) in [6.45, 7) is 27.9. The highest BCUT2D eigenvalue weighted by Crippen LogP contribution is 2.40. The fourth-order valence-electron chi connectivity index (χ4n) is 6.26. The first kappa shape index (κ1) is 45.8. The van der Waals surface area contributed by atoms with E-state index in [-0.39, 0.29) is 40.7 Å². The molecule has 2 rings (SSSR count). The smallest absolute Gasteiger partial charge is 0.407 e. The number of rotatable bonds is 20. The molecule has 1 aromatic rings. The molecule has 0 saturated carbocycles. The van der Waals surface area contributed by atoms with Crippen molar-refractivity contribution >= 4 is 20.3 Å². The predicted molar refractivity (Wildman–Crippen MR) is 212 cm³/mol. The molecule has 1 aliphatic rings. The summed E-state index contributed by atoms with van der Waals surface area (Å²) in [6, 6.07) is 5.81. The predicted octanol–water partition coefficient (Wildman–Crippen LogP) is 8.56. The summed E-state index contributed by atoms with van der Waals surface area (Å²) in [7, 11) is 0.960. The van der Waals surface area contributed by atoms with Crippen molar-refractivity contribution in [3.05, 3.63) is 23.8 Å². The minimum atomic E-state index is -2.38. The van der Waals surface area contributed by atoms with Crippen LogP contribution in [0.4, 0.5) is 4.79 Å². The lowest BCUT2D eigenvalue weighted by Gasteiger charge is -2.43. The molecule has 10 nitrogen and oxygen atoms in total. The van der Waals surface area contributed by atoms with Crippen LogP contribution in [0.5, 0.6) is 11.5 Å². The first-order chi connectivity index (χ1) is 24.2. The number of ether oxygens (including phenoxy) is 5. The van der Waals surface area contributed by atoms with Crippen molar-refractivity contribution in [3.63, 3.8) is 0 Å². The zero-order chi connectivity index (χ0) is 39.3. The average molecular weight is 751 g/mol. The lowest BCUT2D eigenvalue weighted by Crippen LogP contribution is -2.55. The fourth-order valence-corrected chi connectivity index (χ4v) is 7.63. The van der Waals surface area contributed by atoms with Gasteiger partial charge in [-0.1, -0.05) is 54.5 Å². The first-order valence-electron chi connectivity index (χ1n) is 19.5. The Morgan fingerprint density at radius 3 is 2.12 bits per heavy atom. The molecule has 4 atom stereocenters. The van der Waals surface area contributed by atoms with Crippen molar-refractivity contribution in [3.8, 4) is 11.5 Å². The lowest BCUT2D eigenvalue weighted by molar-refractivity contribution is -0.129. The van der Waals surface area contributed by atoms with Gasteiger partial charge in [0.2, 0.25) is 5.91 Å². The van der Waals surface area contributed by atoms with Crippen LogP contribution < -0.4 is 20.1 Å². The van der Waals surface area contributed by atoms with Gasteiger partial charge in [-0.05, 0) is 106 Å². The Morgan fingerprint density at radius 1 is 0.923 bits per heavy atom. The SMILES string of the molecule is COCCCOc1cc(C[C@@H](C[C@H](NC(=O)OC(C)(C)C)[C@H](C[C@H](C(=O)NC2CCOCC2)C(C)C)O[Si](C)(C)C(C)(C)C)C(C)C)ccc1OC. The van der Waals surface area contributed by atoms with E-state index in [4.69, 9.17) is 28.1 Å². The number of hydrogen-bond acceptors (Lipinski definition) is 8. The molecule has 0 bridgehead atoms. The van der Waals surface area contributed by atoms with Crippen LogP contribution >= 0.6 is 0 Å². The second-order valence-corrected chi connectivity index (χ2v) is 22.5. The summed E-state index contributed by atoms with van der Waals surface area (Å²) in [4.78, 5) is 27.6. The third-order valence-electron chi connectivity index (χ3n) is 10.6. The van der Waals surface area contributed by atoms with Gasteiger partial charge in [-0.25, -0.2) is 4.79 Å². The number of hydrogen-bond donors (Lipinski definition) is 2. The highest BCUT2D eigenvalue weighted by Gasteiger charge is 2.43. The Hall–Kier alpha value is -2.34. The van der Waals surface area contributed by atoms with E-state index in [2.05, 4.69) is 84.3 Å². The minimum Gasteiger partial charge on any atom is -0.493 e. The van der Waals surface area contributed by atoms with Crippen molar-refractivity contribution in [1.29, 1.82) is 0 Å². The molecule has 0 aromatic heterocycles. The normalized spacial score (nSPS) is 17.0. The van der Waals surface area contributed by atoms with Gasteiger partial charge in [-0.15, -0.1) is 0 Å². The molecule has 0 aliphatic carbocycles. The summed E-state index contributed by atoms with van der Waals surface area (Å²) in [5, 5.41) is 6.53. The van der Waals surface area contributed by atoms with Crippen LogP contribution in [-0.4, -0.2) is 84.8 Å². The molecule has 0 spiro atoms. The number of carbonyl (C=O) groups excluding carboxylic acids is 2. The molecule has 1 heterocycles. The molecule has 0 unspecified atom stereocenters. The number of nitrogens with one attached hydrogen (secondary N) is 2. The van der Waals surface area contributed by atoms with Gasteiger partial charge in [0.1, 0.15) is 5.60 Å². The number of amides is 2. The molecule has 300 valence electrons. The molecule has 11 heteroatoms. The van der Waals surface area contributed by atoms with Gasteiger partial charge < -0.3 is 38.7 Å². The Morgan fingerprint density at radius 2 is 1.58 bits per heavy atom. The highest BCUT2D eigenvalue weighted by atomic mass is 28.4. The molecule has 52 heavy (non-hydrogen) atoms. The molecular weight excluding hydrogens is 677 g/mol. The van der Waals surface area contributed by atoms with Crippen LogP contribution in [0.15, 0.2) is 18.2 Å². The third kappa shape index (κ3) is 15.6. The van der Waals surface area contributed by atoms with E-state index in [1.807, 2.05) is 26.8 Å². The fraction of sp³-hybridized carbons (Fsp3) is 0.805. The Bertz CT molecular complexity index is 1220. The van der Waals surface area contributed by atoms with Gasteiger partial charge in [0.05, 0.1) is 25.9 Å². The zero-order valence-corrected chi connectivity index (χ0v) is 36.1. The monoisotopic (exact) mass is 751 g/mol. The average Bonchev–Trinajstić information content (AvgIpc) is 3.03. The first-order valence-corrected chi connectivity index (χ1v) is 22.4. The Balaban J connectivity index is 2.56. The number of benzene rings is 1. The van der Waals surface area contributed by atoms with Gasteiger partial charge in [0.15, 0.2) is 19.8 Å². The molecular formula is C41H74N2O8Si. The van der Waals surface area contributed by atoms with Crippen LogP contribution in [0.25, 0.3) is 0 Å². The van der Waals surface area contributed by atoms with Gasteiger partial charge in [-0.2, -0.15) is 0 Å². The van der Waals surface area contributed by atoms with Crippen LogP contribution in [0.2, 0.25) is 18.1 Å². The topological polar surface area (TPSA) is 114 Å². The summed E-state index contributed by atoms with van der Waals surface area (Å²) in [6.07, 6.45) is 3.37. The summed E-state index contributed by atoms with van der Waals surface area (Å²) < 4.78 is 35.6. The number of carbonyl (C=O) groups is 2. The van der Waals surface area contributed by atoms with E-state index in [0.29, 0.717) is 50.8 Å². The van der Waals surface area contributed by atoms with Crippen molar-refractivity contribution in [1.82, 2.24) is 10.6 Å². The molecule has 1 aliphatic heterocycles. The standard InChI is InChI=1S/C41H74N2O8Si/c1-28(2)31(24-30-16-17-35(47-12)37(25-30)49-21-15-20-46-11)26-34(43-39(45)50-40(5,6)7)36(51-52(13,14)41(8,9)10)27-33(29(3)4)38(44)42-32-18-22-48-23-19-32/h16-17,25,28-29,31-34,36H,15,18-24,26-27H2,1-14H3,(H,42,44)(H,43,45)/t31-,33-,34-,36-/m0/s1. The molecule has 1 saturated heterocycles. The van der Waals surface area contributed by atoms with Gasteiger partial charge >= 0.3 is 6.09 Å². The number of alkyl carbamates (subject to hydrolysis) is 1. The second-order valence-electron chi connectivity index (χ2n) is 17.8. The maximum absolute atomic E-state index is 14.0. The van der Waals surface area contributed by atoms with Gasteiger partial charge in [0, 0.05) is 45.3 Å². The minimum absolute atomic E-state index is 0.0402. The van der Waals surface area contributed by atoms with Crippen LogP contribution in [0.1, 0.15) is 107 Å². The second kappa shape index (κ2) is 20.9. The third-order valence-corrected chi connectivity index (χ3v) is 15.1. The lowest BCUT2D eigenvalue weighted by atomic mass is 9.80. The van der Waals surface area contributed by atoms with E-state index < -0.39 is 32.2 Å². The Labute approximate surface area is 317 Å². The van der Waals surface area contributed by atoms with Crippen molar-refractivity contribution in [2.24, 2.45) is 23.7 Å². The molecule has 2 amide bonds. The summed E-state index contributed by atoms with van der Waals surface area (Å²) >= 11 is 0. The van der Waals surface area contributed by atoms with E-state index in [0.717, 1.165) is 31.2 Å². The van der Waals surface area contributed by atoms with Crippen LogP contribution in [-0.2, 0) is 29.9 Å². The van der Waals surface area contributed by atoms with E-state index in [9.17, 15) is 9.59 Å². The van der Waals surface area contributed by atoms with E-state index >= 15 is 0 Å². The van der Waals surface area contributed by atoms with Crippen molar-refractivity contribution in [2.45, 2.75) is 150 Å². The number of methoxy groups -OCH3 is 2. The van der Waals surface area contributed by atoms with Crippen molar-refractivity contribution < 1.29 is 37.7 Å². The van der Waals surface area contributed by atoms with Crippen molar-refractivity contribution in [2.75, 3.05) is 40.6 Å². The zero-order valence-electron chi connectivity index (χ0n) is 35.1. The quantitative estimate of drug-likeness (QED) is 0.101. The highest BCUT2D eigenvalue weighted by molar-refractivity contribution is 6.74. The Kier molecular flexibility index (Phi) is 18.4. The van der Waals surface area contributed by atoms with Crippen LogP contribution in [0, 0.1) is 23.7 Å².